The summed E-state index contributed by atoms with van der Waals surface area (Å²) in [5.74, 6) is 2.01. The van der Waals surface area contributed by atoms with Crippen LogP contribution in [0.1, 0.15) is 46.5 Å². The van der Waals surface area contributed by atoms with Gasteiger partial charge >= 0.3 is 0 Å². The van der Waals surface area contributed by atoms with Crippen molar-refractivity contribution >= 4 is 0 Å². The Balaban J connectivity index is 2.44. The molecular formula is C11H22O. The molecule has 1 rings (SSSR count). The topological polar surface area (TPSA) is 20.2 Å². The van der Waals surface area contributed by atoms with Crippen molar-refractivity contribution in [3.05, 3.63) is 0 Å². The molecule has 0 aromatic heterocycles. The van der Waals surface area contributed by atoms with Gasteiger partial charge in [-0.25, -0.2) is 0 Å². The van der Waals surface area contributed by atoms with Crippen LogP contribution in [-0.2, 0) is 0 Å². The van der Waals surface area contributed by atoms with Gasteiger partial charge in [-0.15, -0.1) is 0 Å². The van der Waals surface area contributed by atoms with E-state index in [4.69, 9.17) is 0 Å². The van der Waals surface area contributed by atoms with Crippen LogP contribution in [-0.4, -0.2) is 11.2 Å². The molecule has 0 amide bonds. The maximum absolute atomic E-state index is 9.84. The van der Waals surface area contributed by atoms with Crippen molar-refractivity contribution in [1.82, 2.24) is 0 Å². The lowest BCUT2D eigenvalue weighted by atomic mass is 9.74. The van der Waals surface area contributed by atoms with E-state index >= 15 is 0 Å². The molecule has 0 heterocycles. The summed E-state index contributed by atoms with van der Waals surface area (Å²) in [5, 5.41) is 9.84. The van der Waals surface area contributed by atoms with Gasteiger partial charge in [0.25, 0.3) is 0 Å². The van der Waals surface area contributed by atoms with Gasteiger partial charge in [0.05, 0.1) is 6.10 Å². The zero-order chi connectivity index (χ0) is 9.14. The second-order valence-electron chi connectivity index (χ2n) is 4.53. The molecule has 0 aromatic rings. The third-order valence-corrected chi connectivity index (χ3v) is 3.51. The summed E-state index contributed by atoms with van der Waals surface area (Å²) in [5.41, 5.74) is 0. The van der Waals surface area contributed by atoms with Crippen molar-refractivity contribution in [2.45, 2.75) is 52.6 Å². The highest BCUT2D eigenvalue weighted by Crippen LogP contribution is 2.34. The van der Waals surface area contributed by atoms with Crippen molar-refractivity contribution in [3.8, 4) is 0 Å². The van der Waals surface area contributed by atoms with E-state index in [1.165, 1.54) is 19.3 Å². The Kier molecular flexibility index (Phi) is 3.57. The summed E-state index contributed by atoms with van der Waals surface area (Å²) in [6.45, 7) is 6.73. The predicted octanol–water partition coefficient (Wildman–Crippen LogP) is 2.83. The van der Waals surface area contributed by atoms with Crippen LogP contribution in [0.5, 0.6) is 0 Å². The summed E-state index contributed by atoms with van der Waals surface area (Å²) in [4.78, 5) is 0. The first-order valence-corrected chi connectivity index (χ1v) is 5.33. The molecule has 4 unspecified atom stereocenters. The Bertz CT molecular complexity index is 133. The Hall–Kier alpha value is -0.0400. The quantitative estimate of drug-likeness (QED) is 0.675. The van der Waals surface area contributed by atoms with Gasteiger partial charge in [-0.1, -0.05) is 33.6 Å². The number of hydrogen-bond donors (Lipinski definition) is 1. The summed E-state index contributed by atoms with van der Waals surface area (Å²) >= 11 is 0. The van der Waals surface area contributed by atoms with E-state index in [1.54, 1.807) is 0 Å². The van der Waals surface area contributed by atoms with Crippen LogP contribution < -0.4 is 0 Å². The normalized spacial score (nSPS) is 39.5. The summed E-state index contributed by atoms with van der Waals surface area (Å²) in [7, 11) is 0. The zero-order valence-corrected chi connectivity index (χ0v) is 8.59. The van der Waals surface area contributed by atoms with E-state index < -0.39 is 0 Å². The first-order chi connectivity index (χ1) is 5.65. The SMILES string of the molecule is CCC(C)C1CCC(C)CC1O. The van der Waals surface area contributed by atoms with Crippen LogP contribution in [0, 0.1) is 17.8 Å². The standard InChI is InChI=1S/C11H22O/c1-4-9(3)10-6-5-8(2)7-11(10)12/h8-12H,4-7H2,1-3H3. The van der Waals surface area contributed by atoms with Crippen LogP contribution in [0.4, 0.5) is 0 Å². The lowest BCUT2D eigenvalue weighted by Gasteiger charge is -2.35. The second-order valence-corrected chi connectivity index (χ2v) is 4.53. The fraction of sp³-hybridized carbons (Fsp3) is 1.00. The van der Waals surface area contributed by atoms with Crippen molar-refractivity contribution in [2.24, 2.45) is 17.8 Å². The van der Waals surface area contributed by atoms with Gasteiger partial charge in [0.2, 0.25) is 0 Å². The molecule has 1 N–H and O–H groups in total. The Morgan fingerprint density at radius 3 is 2.58 bits per heavy atom. The first kappa shape index (κ1) is 10.0. The minimum Gasteiger partial charge on any atom is -0.393 e. The fourth-order valence-electron chi connectivity index (χ4n) is 2.34. The lowest BCUT2D eigenvalue weighted by molar-refractivity contribution is 0.0217. The number of aliphatic hydroxyl groups is 1. The molecule has 0 aromatic carbocycles. The molecule has 0 spiro atoms. The third-order valence-electron chi connectivity index (χ3n) is 3.51. The number of aliphatic hydroxyl groups excluding tert-OH is 1. The largest absolute Gasteiger partial charge is 0.393 e. The molecule has 1 aliphatic rings. The van der Waals surface area contributed by atoms with Crippen molar-refractivity contribution < 1.29 is 5.11 Å². The van der Waals surface area contributed by atoms with Gasteiger partial charge in [-0.2, -0.15) is 0 Å². The van der Waals surface area contributed by atoms with E-state index in [-0.39, 0.29) is 6.10 Å². The highest BCUT2D eigenvalue weighted by Gasteiger charge is 2.29. The molecule has 4 atom stereocenters. The third kappa shape index (κ3) is 2.22. The van der Waals surface area contributed by atoms with Gasteiger partial charge < -0.3 is 5.11 Å². The van der Waals surface area contributed by atoms with Crippen LogP contribution in [0.15, 0.2) is 0 Å². The van der Waals surface area contributed by atoms with Crippen molar-refractivity contribution in [2.75, 3.05) is 0 Å². The van der Waals surface area contributed by atoms with Gasteiger partial charge in [0.15, 0.2) is 0 Å². The van der Waals surface area contributed by atoms with Crippen molar-refractivity contribution in [3.63, 3.8) is 0 Å². The lowest BCUT2D eigenvalue weighted by Crippen LogP contribution is -2.32. The highest BCUT2D eigenvalue weighted by atomic mass is 16.3. The predicted molar refractivity (Wildman–Crippen MR) is 52.0 cm³/mol. The zero-order valence-electron chi connectivity index (χ0n) is 8.59. The van der Waals surface area contributed by atoms with Crippen LogP contribution >= 0.6 is 0 Å². The molecule has 1 heteroatoms. The molecule has 0 bridgehead atoms. The van der Waals surface area contributed by atoms with E-state index in [0.29, 0.717) is 11.8 Å². The molecule has 1 fully saturated rings. The molecule has 1 nitrogen and oxygen atoms in total. The van der Waals surface area contributed by atoms with Gasteiger partial charge in [-0.3, -0.25) is 0 Å². The summed E-state index contributed by atoms with van der Waals surface area (Å²) in [6, 6.07) is 0. The summed E-state index contributed by atoms with van der Waals surface area (Å²) in [6.07, 6.45) is 4.75. The number of hydrogen-bond acceptors (Lipinski definition) is 1. The van der Waals surface area contributed by atoms with E-state index in [9.17, 15) is 5.11 Å². The van der Waals surface area contributed by atoms with Gasteiger partial charge in [-0.05, 0) is 30.6 Å². The molecule has 1 aliphatic carbocycles. The molecule has 72 valence electrons. The fourth-order valence-corrected chi connectivity index (χ4v) is 2.34. The van der Waals surface area contributed by atoms with Crippen molar-refractivity contribution in [1.29, 1.82) is 0 Å². The summed E-state index contributed by atoms with van der Waals surface area (Å²) < 4.78 is 0. The molecule has 0 aliphatic heterocycles. The highest BCUT2D eigenvalue weighted by molar-refractivity contribution is 4.80. The molecule has 0 saturated heterocycles. The van der Waals surface area contributed by atoms with E-state index in [2.05, 4.69) is 20.8 Å². The van der Waals surface area contributed by atoms with Crippen LogP contribution in [0.3, 0.4) is 0 Å². The van der Waals surface area contributed by atoms with Crippen LogP contribution in [0.2, 0.25) is 0 Å². The molecular weight excluding hydrogens is 148 g/mol. The first-order valence-electron chi connectivity index (χ1n) is 5.33. The Morgan fingerprint density at radius 2 is 2.08 bits per heavy atom. The monoisotopic (exact) mass is 170 g/mol. The smallest absolute Gasteiger partial charge is 0.0573 e. The number of rotatable bonds is 2. The van der Waals surface area contributed by atoms with Crippen LogP contribution in [0.25, 0.3) is 0 Å². The maximum atomic E-state index is 9.84. The molecule has 12 heavy (non-hydrogen) atoms. The Labute approximate surface area is 76.2 Å². The van der Waals surface area contributed by atoms with E-state index in [1.807, 2.05) is 0 Å². The van der Waals surface area contributed by atoms with Gasteiger partial charge in [0.1, 0.15) is 0 Å². The minimum absolute atomic E-state index is 0.0244. The average Bonchev–Trinajstić information content (AvgIpc) is 2.03. The van der Waals surface area contributed by atoms with Gasteiger partial charge in [0, 0.05) is 0 Å². The minimum atomic E-state index is -0.0244. The second kappa shape index (κ2) is 4.27. The molecule has 1 saturated carbocycles. The Morgan fingerprint density at radius 1 is 1.42 bits per heavy atom. The average molecular weight is 170 g/mol. The molecule has 0 radical (unpaired) electrons. The van der Waals surface area contributed by atoms with E-state index in [0.717, 1.165) is 12.3 Å². The maximum Gasteiger partial charge on any atom is 0.0573 e.